The smallest absolute Gasteiger partial charge is 0.303 e. The van der Waals surface area contributed by atoms with Crippen molar-refractivity contribution in [2.24, 2.45) is 0 Å². The van der Waals surface area contributed by atoms with E-state index in [2.05, 4.69) is 0 Å². The molecule has 0 spiro atoms. The van der Waals surface area contributed by atoms with Gasteiger partial charge >= 0.3 is 23.9 Å². The number of benzene rings is 2. The Morgan fingerprint density at radius 1 is 1.02 bits per heavy atom. The van der Waals surface area contributed by atoms with E-state index in [1.807, 2.05) is 4.90 Å². The van der Waals surface area contributed by atoms with Gasteiger partial charge in [-0.1, -0.05) is 11.6 Å². The maximum absolute atomic E-state index is 12.3. The summed E-state index contributed by atoms with van der Waals surface area (Å²) in [6.45, 7) is 6.07. The zero-order chi connectivity index (χ0) is 32.3. The van der Waals surface area contributed by atoms with Gasteiger partial charge in [-0.05, 0) is 43.2 Å². The van der Waals surface area contributed by atoms with Crippen molar-refractivity contribution in [2.45, 2.75) is 71.2 Å². The van der Waals surface area contributed by atoms with Crippen LogP contribution in [0.3, 0.4) is 0 Å². The fraction of sp³-hybridized carbons (Fsp3) is 0.448. The highest BCUT2D eigenvalue weighted by Crippen LogP contribution is 2.42. The first-order valence-corrected chi connectivity index (χ1v) is 13.9. The molecule has 0 amide bonds. The molecular weight excluding hydrogens is 604 g/mol. The first-order valence-electron chi connectivity index (χ1n) is 13.5. The average molecular weight is 635 g/mol. The van der Waals surface area contributed by atoms with Crippen molar-refractivity contribution in [2.75, 3.05) is 18.1 Å². The van der Waals surface area contributed by atoms with Gasteiger partial charge in [0.15, 0.2) is 12.2 Å². The van der Waals surface area contributed by atoms with Crippen molar-refractivity contribution in [1.82, 2.24) is 0 Å². The molecule has 0 bridgehead atoms. The first-order chi connectivity index (χ1) is 20.7. The van der Waals surface area contributed by atoms with Crippen LogP contribution in [-0.2, 0) is 49.3 Å². The molecule has 0 N–H and O–H groups in total. The summed E-state index contributed by atoms with van der Waals surface area (Å²) in [4.78, 5) is 60.8. The Hall–Kier alpha value is -4.43. The number of carbonyl (C=O) groups excluding carboxylic acids is 4. The standard InChI is InChI=1S/C29H31ClN2O12/c1-15(33)39-14-25-26(40-16(2)34)27(41-17(3)35)29(5,44-18(4)36)28(43-25)42-24-9-7-20(13-22(24)30)31-11-10-19-12-21(32(37)38)6-8-23(19)31/h6-9,12-13,25-28H,10-11,14H2,1-5H3/t25-,26-,27+,28+,29+/m1/s1. The lowest BCUT2D eigenvalue weighted by Crippen LogP contribution is -2.70. The van der Waals surface area contributed by atoms with Crippen LogP contribution in [0.15, 0.2) is 36.4 Å². The Kier molecular flexibility index (Phi) is 9.64. The largest absolute Gasteiger partial charge is 0.463 e. The quantitative estimate of drug-likeness (QED) is 0.169. The maximum Gasteiger partial charge on any atom is 0.303 e. The number of nitrogens with zero attached hydrogens (tertiary/aromatic N) is 2. The van der Waals surface area contributed by atoms with E-state index in [-0.39, 0.29) is 16.5 Å². The predicted molar refractivity (Wildman–Crippen MR) is 152 cm³/mol. The Labute approximate surface area is 257 Å². The minimum Gasteiger partial charge on any atom is -0.463 e. The van der Waals surface area contributed by atoms with Crippen LogP contribution >= 0.6 is 11.6 Å². The van der Waals surface area contributed by atoms with Crippen molar-refractivity contribution in [3.63, 3.8) is 0 Å². The molecule has 44 heavy (non-hydrogen) atoms. The van der Waals surface area contributed by atoms with Crippen molar-refractivity contribution >= 4 is 52.5 Å². The molecule has 1 fully saturated rings. The van der Waals surface area contributed by atoms with Gasteiger partial charge in [0, 0.05) is 57.7 Å². The molecular formula is C29H31ClN2O12. The Morgan fingerprint density at radius 3 is 2.32 bits per heavy atom. The number of nitro benzene ring substituents is 1. The fourth-order valence-electron chi connectivity index (χ4n) is 5.25. The summed E-state index contributed by atoms with van der Waals surface area (Å²) >= 11 is 6.65. The predicted octanol–water partition coefficient (Wildman–Crippen LogP) is 3.79. The lowest BCUT2D eigenvalue weighted by Gasteiger charge is -2.49. The van der Waals surface area contributed by atoms with E-state index in [1.54, 1.807) is 30.3 Å². The number of non-ortho nitro benzene ring substituents is 1. The second-order valence-electron chi connectivity index (χ2n) is 10.4. The fourth-order valence-corrected chi connectivity index (χ4v) is 5.47. The van der Waals surface area contributed by atoms with Crippen LogP contribution in [0.2, 0.25) is 5.02 Å². The topological polar surface area (TPSA) is 170 Å². The number of rotatable bonds is 9. The highest BCUT2D eigenvalue weighted by atomic mass is 35.5. The summed E-state index contributed by atoms with van der Waals surface area (Å²) in [5.74, 6) is -2.88. The van der Waals surface area contributed by atoms with Gasteiger partial charge in [-0.3, -0.25) is 29.3 Å². The third-order valence-electron chi connectivity index (χ3n) is 7.04. The summed E-state index contributed by atoms with van der Waals surface area (Å²) in [5, 5.41) is 11.3. The molecule has 14 nitrogen and oxygen atoms in total. The number of hydrogen-bond acceptors (Lipinski definition) is 13. The molecule has 1 saturated heterocycles. The van der Waals surface area contributed by atoms with Crippen molar-refractivity contribution in [3.8, 4) is 5.75 Å². The van der Waals surface area contributed by atoms with Crippen molar-refractivity contribution in [1.29, 1.82) is 0 Å². The van der Waals surface area contributed by atoms with Crippen LogP contribution in [0.5, 0.6) is 5.75 Å². The molecule has 0 unspecified atom stereocenters. The first kappa shape index (κ1) is 32.5. The molecule has 2 aliphatic heterocycles. The van der Waals surface area contributed by atoms with Gasteiger partial charge in [0.25, 0.3) is 5.69 Å². The van der Waals surface area contributed by atoms with Gasteiger partial charge in [-0.2, -0.15) is 0 Å². The van der Waals surface area contributed by atoms with Gasteiger partial charge in [-0.15, -0.1) is 0 Å². The van der Waals surface area contributed by atoms with E-state index in [1.165, 1.54) is 19.9 Å². The van der Waals surface area contributed by atoms with E-state index in [0.717, 1.165) is 32.0 Å². The molecule has 5 atom stereocenters. The second-order valence-corrected chi connectivity index (χ2v) is 10.8. The molecule has 0 aromatic heterocycles. The third kappa shape index (κ3) is 7.03. The van der Waals surface area contributed by atoms with E-state index in [0.29, 0.717) is 18.7 Å². The van der Waals surface area contributed by atoms with Gasteiger partial charge in [-0.25, -0.2) is 0 Å². The molecule has 0 aliphatic carbocycles. The van der Waals surface area contributed by atoms with E-state index in [4.69, 9.17) is 40.0 Å². The lowest BCUT2D eigenvalue weighted by molar-refractivity contribution is -0.384. The summed E-state index contributed by atoms with van der Waals surface area (Å²) in [7, 11) is 0. The van der Waals surface area contributed by atoms with Crippen molar-refractivity contribution < 1.29 is 52.5 Å². The number of nitro groups is 1. The SMILES string of the molecule is CC(=O)OC[C@H]1O[C@H](Oc2ccc(N3CCc4cc([N+](=O)[O-])ccc43)cc2Cl)[C@@](C)(OC(C)=O)[C@@H](OC(C)=O)[C@@H]1OC(C)=O. The minimum atomic E-state index is -1.88. The van der Waals surface area contributed by atoms with Crippen LogP contribution in [0.25, 0.3) is 0 Å². The van der Waals surface area contributed by atoms with Gasteiger partial charge in [0.2, 0.25) is 11.9 Å². The third-order valence-corrected chi connectivity index (χ3v) is 7.33. The van der Waals surface area contributed by atoms with E-state index >= 15 is 0 Å². The summed E-state index contributed by atoms with van der Waals surface area (Å²) in [5.41, 5.74) is 0.427. The van der Waals surface area contributed by atoms with Crippen LogP contribution < -0.4 is 9.64 Å². The lowest BCUT2D eigenvalue weighted by atomic mass is 9.87. The summed E-state index contributed by atoms with van der Waals surface area (Å²) in [6, 6.07) is 9.54. The van der Waals surface area contributed by atoms with Crippen molar-refractivity contribution in [3.05, 3.63) is 57.1 Å². The number of esters is 4. The number of carbonyl (C=O) groups is 4. The monoisotopic (exact) mass is 634 g/mol. The zero-order valence-electron chi connectivity index (χ0n) is 24.6. The molecule has 2 heterocycles. The van der Waals surface area contributed by atoms with E-state index < -0.39 is 65.6 Å². The number of hydrogen-bond donors (Lipinski definition) is 0. The molecule has 4 rings (SSSR count). The summed E-state index contributed by atoms with van der Waals surface area (Å²) in [6.07, 6.45) is -4.92. The van der Waals surface area contributed by atoms with Gasteiger partial charge in [0.1, 0.15) is 18.5 Å². The highest BCUT2D eigenvalue weighted by molar-refractivity contribution is 6.32. The van der Waals surface area contributed by atoms with E-state index in [9.17, 15) is 29.3 Å². The molecule has 2 aliphatic rings. The van der Waals surface area contributed by atoms with Gasteiger partial charge < -0.3 is 33.3 Å². The molecule has 2 aromatic carbocycles. The normalized spacial score (nSPS) is 24.1. The Morgan fingerprint density at radius 2 is 1.73 bits per heavy atom. The maximum atomic E-state index is 12.3. The summed E-state index contributed by atoms with van der Waals surface area (Å²) < 4.78 is 33.9. The highest BCUT2D eigenvalue weighted by Gasteiger charge is 2.61. The zero-order valence-corrected chi connectivity index (χ0v) is 25.3. The molecule has 236 valence electrons. The van der Waals surface area contributed by atoms with Crippen LogP contribution in [0.1, 0.15) is 40.2 Å². The molecule has 15 heteroatoms. The molecule has 0 radical (unpaired) electrons. The Balaban J connectivity index is 1.68. The average Bonchev–Trinajstić information content (AvgIpc) is 3.35. The minimum absolute atomic E-state index is 0.00527. The van der Waals surface area contributed by atoms with Crippen LogP contribution in [-0.4, -0.2) is 72.2 Å². The number of ether oxygens (including phenoxy) is 6. The van der Waals surface area contributed by atoms with Gasteiger partial charge in [0.05, 0.1) is 9.95 Å². The molecule has 0 saturated carbocycles. The van der Waals surface area contributed by atoms with Crippen LogP contribution in [0, 0.1) is 10.1 Å². The van der Waals surface area contributed by atoms with Crippen LogP contribution in [0.4, 0.5) is 17.1 Å². The number of halogens is 1. The Bertz CT molecular complexity index is 1480. The number of fused-ring (bicyclic) bond motifs is 1. The second kappa shape index (κ2) is 13.1. The number of anilines is 2. The molecule has 2 aromatic rings.